The van der Waals surface area contributed by atoms with Crippen LogP contribution in [0.5, 0.6) is 0 Å². The number of carbonyl (C=O) groups is 1. The van der Waals surface area contributed by atoms with Crippen LogP contribution in [-0.2, 0) is 23.4 Å². The van der Waals surface area contributed by atoms with Crippen LogP contribution >= 0.6 is 0 Å². The number of H-pyrrole nitrogens is 1. The molecule has 8 rings (SSSR count). The molecule has 2 aromatic heterocycles. The summed E-state index contributed by atoms with van der Waals surface area (Å²) in [6, 6.07) is 25.6. The first kappa shape index (κ1) is 31.6. The molecular formula is C36H37N5O7Si. The van der Waals surface area contributed by atoms with Crippen LogP contribution in [0, 0.1) is 0 Å². The number of nitrogens with one attached hydrogen (secondary N) is 2. The minimum absolute atomic E-state index is 0.0554. The molecule has 3 aliphatic rings. The lowest BCUT2D eigenvalue weighted by Gasteiger charge is -2.48. The molecule has 3 aromatic carbocycles. The van der Waals surface area contributed by atoms with Gasteiger partial charge in [-0.2, -0.15) is 4.98 Å². The molecule has 0 radical (unpaired) electrons. The molecule has 2 N–H and O–H groups in total. The standard InChI is InChI=1S/C36H37N5O7Si/c1-49(2,3)48-30-27(18-44-28-19-45-34(47-31(28)30)21-11-5-4-6-12-21)41-20-37-29-32(41)38-35(39-33(29)42)40-36(43)46-17-26-24-15-9-7-13-22(24)23-14-8-10-16-25(23)26/h4-16,20,26-28,30-31,34H,17-19H2,1-3H3,(H2,38,39,40,42,43)/t27-,28-,30+,31-,34-/m1/s1. The van der Waals surface area contributed by atoms with Gasteiger partial charge in [-0.15, -0.1) is 0 Å². The van der Waals surface area contributed by atoms with Gasteiger partial charge < -0.3 is 27.9 Å². The molecular weight excluding hydrogens is 643 g/mol. The van der Waals surface area contributed by atoms with E-state index in [1.165, 1.54) is 0 Å². The van der Waals surface area contributed by atoms with E-state index in [1.54, 1.807) is 10.9 Å². The molecule has 49 heavy (non-hydrogen) atoms. The number of hydrogen-bond acceptors (Lipinski definition) is 9. The number of rotatable bonds is 7. The topological polar surface area (TPSA) is 139 Å². The third-order valence-electron chi connectivity index (χ3n) is 9.16. The molecule has 1 amide bonds. The zero-order chi connectivity index (χ0) is 33.7. The molecule has 1 aliphatic carbocycles. The van der Waals surface area contributed by atoms with Crippen LogP contribution in [-0.4, -0.2) is 72.1 Å². The van der Waals surface area contributed by atoms with E-state index in [2.05, 4.69) is 64.2 Å². The second kappa shape index (κ2) is 12.7. The number of fused-ring (bicyclic) bond motifs is 5. The Morgan fingerprint density at radius 2 is 1.65 bits per heavy atom. The summed E-state index contributed by atoms with van der Waals surface area (Å²) in [6.07, 6.45) is -0.991. The maximum atomic E-state index is 13.2. The van der Waals surface area contributed by atoms with Crippen LogP contribution in [0.1, 0.15) is 34.9 Å². The van der Waals surface area contributed by atoms with Crippen LogP contribution in [0.25, 0.3) is 22.3 Å². The van der Waals surface area contributed by atoms with Crippen molar-refractivity contribution < 1.29 is 28.2 Å². The number of imidazole rings is 1. The van der Waals surface area contributed by atoms with Gasteiger partial charge in [0.15, 0.2) is 25.8 Å². The lowest BCUT2D eigenvalue weighted by molar-refractivity contribution is -0.304. The number of benzene rings is 3. The largest absolute Gasteiger partial charge is 0.448 e. The van der Waals surface area contributed by atoms with Crippen LogP contribution in [0.3, 0.4) is 0 Å². The average Bonchev–Trinajstić information content (AvgIpc) is 3.67. The Bertz CT molecular complexity index is 2020. The molecule has 12 nitrogen and oxygen atoms in total. The van der Waals surface area contributed by atoms with Crippen molar-refractivity contribution in [2.24, 2.45) is 0 Å². The van der Waals surface area contributed by atoms with E-state index in [-0.39, 0.29) is 42.3 Å². The minimum Gasteiger partial charge on any atom is -0.448 e. The Morgan fingerprint density at radius 1 is 0.959 bits per heavy atom. The fourth-order valence-corrected chi connectivity index (χ4v) is 8.16. The maximum Gasteiger partial charge on any atom is 0.414 e. The first-order chi connectivity index (χ1) is 23.7. The zero-order valence-corrected chi connectivity index (χ0v) is 28.4. The molecule has 13 heteroatoms. The summed E-state index contributed by atoms with van der Waals surface area (Å²) >= 11 is 0. The van der Waals surface area contributed by atoms with E-state index < -0.39 is 44.5 Å². The summed E-state index contributed by atoms with van der Waals surface area (Å²) in [5.74, 6) is -0.165. The molecule has 0 bridgehead atoms. The van der Waals surface area contributed by atoms with Crippen molar-refractivity contribution in [2.45, 2.75) is 56.2 Å². The fourth-order valence-electron chi connectivity index (χ4n) is 7.05. The van der Waals surface area contributed by atoms with Crippen LogP contribution in [0.15, 0.2) is 90.0 Å². The van der Waals surface area contributed by atoms with Crippen LogP contribution < -0.4 is 10.9 Å². The Balaban J connectivity index is 1.04. The van der Waals surface area contributed by atoms with Crippen molar-refractivity contribution in [2.75, 3.05) is 25.1 Å². The zero-order valence-electron chi connectivity index (χ0n) is 27.4. The first-order valence-electron chi connectivity index (χ1n) is 16.4. The van der Waals surface area contributed by atoms with Crippen LogP contribution in [0.2, 0.25) is 19.6 Å². The van der Waals surface area contributed by atoms with Gasteiger partial charge in [0, 0.05) is 11.5 Å². The highest BCUT2D eigenvalue weighted by atomic mass is 28.4. The number of nitrogens with zero attached hydrogens (tertiary/aromatic N) is 3. The van der Waals surface area contributed by atoms with Gasteiger partial charge >= 0.3 is 6.09 Å². The predicted octanol–water partition coefficient (Wildman–Crippen LogP) is 5.75. The SMILES string of the molecule is C[Si](C)(C)O[C@@H]1[C@@H]2O[C@H](c3ccccc3)OC[C@H]2OC[C@H]1n1cnc2c(=O)[nH]c(NC(=O)OCC3c4ccccc4-c4ccccc43)nc21. The Labute approximate surface area is 283 Å². The highest BCUT2D eigenvalue weighted by Crippen LogP contribution is 2.44. The van der Waals surface area contributed by atoms with Crippen molar-refractivity contribution in [3.63, 3.8) is 0 Å². The van der Waals surface area contributed by atoms with Gasteiger partial charge in [0.1, 0.15) is 18.8 Å². The summed E-state index contributed by atoms with van der Waals surface area (Å²) in [4.78, 5) is 37.9. The van der Waals surface area contributed by atoms with Gasteiger partial charge in [0.05, 0.1) is 31.7 Å². The summed E-state index contributed by atoms with van der Waals surface area (Å²) in [7, 11) is -2.12. The number of carbonyl (C=O) groups excluding carboxylic acids is 1. The second-order valence-electron chi connectivity index (χ2n) is 13.5. The van der Waals surface area contributed by atoms with Gasteiger partial charge in [-0.1, -0.05) is 78.9 Å². The van der Waals surface area contributed by atoms with Crippen molar-refractivity contribution >= 4 is 31.5 Å². The normalized spacial score (nSPS) is 23.4. The Hall–Kier alpha value is -4.66. The quantitative estimate of drug-likeness (QED) is 0.206. The summed E-state index contributed by atoms with van der Waals surface area (Å²) < 4.78 is 33.2. The number of hydrogen-bond donors (Lipinski definition) is 2. The van der Waals surface area contributed by atoms with E-state index in [0.717, 1.165) is 27.8 Å². The molecule has 0 saturated carbocycles. The molecule has 0 unspecified atom stereocenters. The molecule has 5 aromatic rings. The molecule has 252 valence electrons. The van der Waals surface area contributed by atoms with E-state index in [0.29, 0.717) is 6.61 Å². The van der Waals surface area contributed by atoms with Crippen molar-refractivity contribution in [1.82, 2.24) is 19.5 Å². The smallest absolute Gasteiger partial charge is 0.414 e. The predicted molar refractivity (Wildman–Crippen MR) is 184 cm³/mol. The Morgan fingerprint density at radius 3 is 2.37 bits per heavy atom. The van der Waals surface area contributed by atoms with E-state index in [4.69, 9.17) is 23.4 Å². The second-order valence-corrected chi connectivity index (χ2v) is 18.0. The number of aromatic amines is 1. The Kier molecular flexibility index (Phi) is 8.16. The monoisotopic (exact) mass is 679 g/mol. The van der Waals surface area contributed by atoms with Gasteiger partial charge in [0.25, 0.3) is 5.56 Å². The minimum atomic E-state index is -2.12. The summed E-state index contributed by atoms with van der Waals surface area (Å²) in [5.41, 5.74) is 5.28. The van der Waals surface area contributed by atoms with Crippen molar-refractivity contribution in [1.29, 1.82) is 0 Å². The molecule has 2 fully saturated rings. The average molecular weight is 680 g/mol. The van der Waals surface area contributed by atoms with Crippen molar-refractivity contribution in [3.8, 4) is 11.1 Å². The highest BCUT2D eigenvalue weighted by Gasteiger charge is 2.48. The molecule has 5 atom stereocenters. The number of aromatic nitrogens is 4. The summed E-state index contributed by atoms with van der Waals surface area (Å²) in [6.45, 7) is 7.08. The molecule has 2 aliphatic heterocycles. The lowest BCUT2D eigenvalue weighted by atomic mass is 9.97. The molecule has 4 heterocycles. The highest BCUT2D eigenvalue weighted by molar-refractivity contribution is 6.69. The first-order valence-corrected chi connectivity index (χ1v) is 19.8. The van der Waals surface area contributed by atoms with Gasteiger partial charge in [0.2, 0.25) is 5.95 Å². The third kappa shape index (κ3) is 6.08. The maximum absolute atomic E-state index is 13.2. The number of amides is 1. The lowest BCUT2D eigenvalue weighted by Crippen LogP contribution is -2.59. The number of ether oxygens (including phenoxy) is 4. The molecule has 2 saturated heterocycles. The summed E-state index contributed by atoms with van der Waals surface area (Å²) in [5, 5.41) is 2.62. The number of anilines is 1. The molecule has 0 spiro atoms. The van der Waals surface area contributed by atoms with E-state index in [9.17, 15) is 9.59 Å². The van der Waals surface area contributed by atoms with E-state index in [1.807, 2.05) is 54.6 Å². The van der Waals surface area contributed by atoms with Crippen molar-refractivity contribution in [3.05, 3.63) is 112 Å². The fraction of sp³-hybridized carbons (Fsp3) is 0.333. The van der Waals surface area contributed by atoms with Gasteiger partial charge in [-0.25, -0.2) is 9.78 Å². The van der Waals surface area contributed by atoms with Gasteiger partial charge in [-0.05, 0) is 41.9 Å². The third-order valence-corrected chi connectivity index (χ3v) is 10.1. The van der Waals surface area contributed by atoms with Crippen LogP contribution in [0.4, 0.5) is 10.7 Å². The van der Waals surface area contributed by atoms with Gasteiger partial charge in [-0.3, -0.25) is 15.1 Å². The van der Waals surface area contributed by atoms with E-state index >= 15 is 0 Å².